The van der Waals surface area contributed by atoms with Crippen LogP contribution >= 0.6 is 23.4 Å². The largest absolute Gasteiger partial charge is 0.489 e. The SMILES string of the molecule is CCCCSc1nc2n(n1)C(c1cccc(OCc3ccc(Cl)cc3)c1)C(C(=O)OC(C)C)=C(C)N2. The minimum absolute atomic E-state index is 0.246. The average Bonchev–Trinajstić information content (AvgIpc) is 3.24. The van der Waals surface area contributed by atoms with Gasteiger partial charge in [0.15, 0.2) is 0 Å². The van der Waals surface area contributed by atoms with Gasteiger partial charge >= 0.3 is 5.97 Å². The molecule has 36 heavy (non-hydrogen) atoms. The van der Waals surface area contributed by atoms with E-state index < -0.39 is 6.04 Å². The molecule has 1 N–H and O–H groups in total. The summed E-state index contributed by atoms with van der Waals surface area (Å²) in [6.45, 7) is 8.11. The van der Waals surface area contributed by atoms with Gasteiger partial charge in [0, 0.05) is 16.5 Å². The number of nitrogens with one attached hydrogen (secondary N) is 1. The Balaban J connectivity index is 1.67. The number of carbonyl (C=O) groups excluding carboxylic acids is 1. The Morgan fingerprint density at radius 3 is 2.72 bits per heavy atom. The second-order valence-electron chi connectivity index (χ2n) is 8.87. The molecule has 0 aliphatic carbocycles. The van der Waals surface area contributed by atoms with Crippen molar-refractivity contribution in [2.45, 2.75) is 64.4 Å². The van der Waals surface area contributed by atoms with Crippen LogP contribution in [0.5, 0.6) is 5.75 Å². The number of halogens is 1. The molecule has 2 aromatic carbocycles. The van der Waals surface area contributed by atoms with Gasteiger partial charge in [0.25, 0.3) is 0 Å². The molecule has 1 aliphatic rings. The van der Waals surface area contributed by atoms with E-state index in [-0.39, 0.29) is 12.1 Å². The molecule has 0 bridgehead atoms. The third-order valence-corrected chi connectivity index (χ3v) is 6.79. The first-order valence-corrected chi connectivity index (χ1v) is 13.5. The van der Waals surface area contributed by atoms with Crippen LogP contribution in [0.1, 0.15) is 57.7 Å². The van der Waals surface area contributed by atoms with Gasteiger partial charge in [-0.15, -0.1) is 5.10 Å². The average molecular weight is 527 g/mol. The number of fused-ring (bicyclic) bond motifs is 1. The van der Waals surface area contributed by atoms with Crippen LogP contribution in [0.3, 0.4) is 0 Å². The van der Waals surface area contributed by atoms with Gasteiger partial charge in [-0.2, -0.15) is 4.98 Å². The van der Waals surface area contributed by atoms with Crippen molar-refractivity contribution in [1.82, 2.24) is 14.8 Å². The number of thioether (sulfide) groups is 1. The van der Waals surface area contributed by atoms with E-state index in [0.717, 1.165) is 29.7 Å². The quantitative estimate of drug-likeness (QED) is 0.180. The lowest BCUT2D eigenvalue weighted by atomic mass is 9.95. The highest BCUT2D eigenvalue weighted by Crippen LogP contribution is 2.38. The number of unbranched alkanes of at least 4 members (excludes halogenated alkanes) is 1. The van der Waals surface area contributed by atoms with Gasteiger partial charge in [-0.05, 0) is 62.6 Å². The molecule has 2 heterocycles. The fourth-order valence-corrected chi connectivity index (χ4v) is 4.91. The summed E-state index contributed by atoms with van der Waals surface area (Å²) >= 11 is 7.61. The number of benzene rings is 2. The number of ether oxygens (including phenoxy) is 2. The zero-order valence-electron chi connectivity index (χ0n) is 21.0. The van der Waals surface area contributed by atoms with Crippen molar-refractivity contribution in [3.8, 4) is 5.75 Å². The van der Waals surface area contributed by atoms with Crippen LogP contribution in [-0.2, 0) is 16.1 Å². The molecule has 0 radical (unpaired) electrons. The Kier molecular flexibility index (Phi) is 8.59. The molecular formula is C27H31ClN4O3S. The van der Waals surface area contributed by atoms with E-state index in [1.54, 1.807) is 16.4 Å². The molecule has 1 unspecified atom stereocenters. The highest BCUT2D eigenvalue weighted by molar-refractivity contribution is 7.99. The molecule has 0 amide bonds. The minimum atomic E-state index is -0.500. The second-order valence-corrected chi connectivity index (χ2v) is 10.4. The maximum absolute atomic E-state index is 13.2. The minimum Gasteiger partial charge on any atom is -0.489 e. The predicted molar refractivity (Wildman–Crippen MR) is 144 cm³/mol. The van der Waals surface area contributed by atoms with Gasteiger partial charge in [0.1, 0.15) is 18.4 Å². The van der Waals surface area contributed by atoms with E-state index in [4.69, 9.17) is 26.2 Å². The molecule has 9 heteroatoms. The second kappa shape index (κ2) is 11.8. The zero-order valence-corrected chi connectivity index (χ0v) is 22.5. The molecule has 1 atom stereocenters. The van der Waals surface area contributed by atoms with Crippen molar-refractivity contribution in [1.29, 1.82) is 0 Å². The molecule has 0 spiro atoms. The number of rotatable bonds is 10. The van der Waals surface area contributed by atoms with Gasteiger partial charge < -0.3 is 14.8 Å². The van der Waals surface area contributed by atoms with E-state index >= 15 is 0 Å². The number of anilines is 1. The Hall–Kier alpha value is -2.97. The number of hydrogen-bond donors (Lipinski definition) is 1. The molecule has 0 saturated carbocycles. The maximum atomic E-state index is 13.2. The molecule has 7 nitrogen and oxygen atoms in total. The van der Waals surface area contributed by atoms with E-state index in [1.165, 1.54) is 0 Å². The summed E-state index contributed by atoms with van der Waals surface area (Å²) in [5, 5.41) is 9.39. The topological polar surface area (TPSA) is 78.3 Å². The maximum Gasteiger partial charge on any atom is 0.338 e. The normalized spacial score (nSPS) is 15.0. The van der Waals surface area contributed by atoms with E-state index in [1.807, 2.05) is 69.3 Å². The molecule has 1 aromatic heterocycles. The zero-order chi connectivity index (χ0) is 25.7. The summed E-state index contributed by atoms with van der Waals surface area (Å²) in [4.78, 5) is 17.9. The van der Waals surface area contributed by atoms with Crippen LogP contribution in [0.25, 0.3) is 0 Å². The number of allylic oxidation sites excluding steroid dienone is 1. The lowest BCUT2D eigenvalue weighted by Crippen LogP contribution is -2.30. The highest BCUT2D eigenvalue weighted by atomic mass is 35.5. The molecule has 3 aromatic rings. The van der Waals surface area contributed by atoms with Crippen LogP contribution in [0.2, 0.25) is 5.02 Å². The van der Waals surface area contributed by atoms with Crippen molar-refractivity contribution in [3.63, 3.8) is 0 Å². The van der Waals surface area contributed by atoms with Gasteiger partial charge in [-0.3, -0.25) is 0 Å². The lowest BCUT2D eigenvalue weighted by molar-refractivity contribution is -0.143. The summed E-state index contributed by atoms with van der Waals surface area (Å²) in [6.07, 6.45) is 1.95. The first-order valence-electron chi connectivity index (χ1n) is 12.1. The summed E-state index contributed by atoms with van der Waals surface area (Å²) in [5.74, 6) is 1.85. The first kappa shape index (κ1) is 26.1. The van der Waals surface area contributed by atoms with Crippen molar-refractivity contribution in [3.05, 3.63) is 76.0 Å². The van der Waals surface area contributed by atoms with Gasteiger partial charge in [0.05, 0.1) is 11.7 Å². The first-order chi connectivity index (χ1) is 17.4. The third-order valence-electron chi connectivity index (χ3n) is 5.62. The number of hydrogen-bond acceptors (Lipinski definition) is 7. The smallest absolute Gasteiger partial charge is 0.338 e. The Labute approximate surface area is 221 Å². The molecule has 0 fully saturated rings. The van der Waals surface area contributed by atoms with Crippen molar-refractivity contribution >= 4 is 35.3 Å². The number of carbonyl (C=O) groups is 1. The van der Waals surface area contributed by atoms with Crippen molar-refractivity contribution < 1.29 is 14.3 Å². The van der Waals surface area contributed by atoms with Crippen molar-refractivity contribution in [2.75, 3.05) is 11.1 Å². The van der Waals surface area contributed by atoms with Crippen LogP contribution in [0, 0.1) is 0 Å². The number of aromatic nitrogens is 3. The number of esters is 1. The Morgan fingerprint density at radius 2 is 2.00 bits per heavy atom. The highest BCUT2D eigenvalue weighted by Gasteiger charge is 2.35. The monoisotopic (exact) mass is 526 g/mol. The predicted octanol–water partition coefficient (Wildman–Crippen LogP) is 6.64. The van der Waals surface area contributed by atoms with Crippen LogP contribution in [-0.4, -0.2) is 32.6 Å². The molecule has 1 aliphatic heterocycles. The van der Waals surface area contributed by atoms with Crippen LogP contribution in [0.15, 0.2) is 65.0 Å². The van der Waals surface area contributed by atoms with E-state index in [9.17, 15) is 4.79 Å². The van der Waals surface area contributed by atoms with Gasteiger partial charge in [-0.1, -0.05) is 61.0 Å². The third kappa shape index (κ3) is 6.23. The summed E-state index contributed by atoms with van der Waals surface area (Å²) in [6, 6.07) is 14.8. The van der Waals surface area contributed by atoms with Crippen LogP contribution in [0.4, 0.5) is 5.95 Å². The molecular weight excluding hydrogens is 496 g/mol. The van der Waals surface area contributed by atoms with Gasteiger partial charge in [0.2, 0.25) is 11.1 Å². The van der Waals surface area contributed by atoms with Gasteiger partial charge in [-0.25, -0.2) is 9.48 Å². The fourth-order valence-electron chi connectivity index (χ4n) is 3.87. The standard InChI is InChI=1S/C27H31ClN4O3S/c1-5-6-14-36-27-30-26-29-18(4)23(25(33)35-17(2)3)24(32(26)31-27)20-8-7-9-22(15-20)34-16-19-10-12-21(28)13-11-19/h7-13,15,17,24H,5-6,14,16H2,1-4H3,(H,29,30,31). The summed E-state index contributed by atoms with van der Waals surface area (Å²) in [7, 11) is 0. The lowest BCUT2D eigenvalue weighted by Gasteiger charge is -2.28. The van der Waals surface area contributed by atoms with Crippen molar-refractivity contribution in [2.24, 2.45) is 0 Å². The summed E-state index contributed by atoms with van der Waals surface area (Å²) in [5.41, 5.74) is 3.07. The fraction of sp³-hybridized carbons (Fsp3) is 0.370. The molecule has 0 saturated heterocycles. The van der Waals surface area contributed by atoms with E-state index in [2.05, 4.69) is 17.2 Å². The number of nitrogens with zero attached hydrogens (tertiary/aromatic N) is 3. The van der Waals surface area contributed by atoms with Crippen LogP contribution < -0.4 is 10.1 Å². The van der Waals surface area contributed by atoms with E-state index in [0.29, 0.717) is 39.8 Å². The Morgan fingerprint density at radius 1 is 1.22 bits per heavy atom. The summed E-state index contributed by atoms with van der Waals surface area (Å²) < 4.78 is 13.5. The molecule has 4 rings (SSSR count). The Bertz CT molecular complexity index is 1240. The molecule has 190 valence electrons.